The van der Waals surface area contributed by atoms with Gasteiger partial charge in [0, 0.05) is 56.0 Å². The van der Waals surface area contributed by atoms with Gasteiger partial charge >= 0.3 is 0 Å². The molecule has 7 heteroatoms. The van der Waals surface area contributed by atoms with Crippen LogP contribution in [0.15, 0.2) is 42.7 Å². The van der Waals surface area contributed by atoms with Crippen molar-refractivity contribution in [3.8, 4) is 0 Å². The predicted molar refractivity (Wildman–Crippen MR) is 119 cm³/mol. The van der Waals surface area contributed by atoms with Gasteiger partial charge in [0.2, 0.25) is 0 Å². The highest BCUT2D eigenvalue weighted by Gasteiger charge is 2.24. The Bertz CT molecular complexity index is 1250. The van der Waals surface area contributed by atoms with Gasteiger partial charge in [0.1, 0.15) is 11.3 Å². The Morgan fingerprint density at radius 1 is 1.10 bits per heavy atom. The average Bonchev–Trinajstić information content (AvgIpc) is 3.31. The van der Waals surface area contributed by atoms with Crippen LogP contribution in [0.4, 0.5) is 0 Å². The first-order valence-electron chi connectivity index (χ1n) is 10.2. The van der Waals surface area contributed by atoms with E-state index < -0.39 is 0 Å². The van der Waals surface area contributed by atoms with Crippen LogP contribution in [0.2, 0.25) is 5.02 Å². The monoisotopic (exact) mass is 421 g/mol. The van der Waals surface area contributed by atoms with Crippen molar-refractivity contribution in [2.75, 3.05) is 26.2 Å². The number of hydrogen-bond donors (Lipinski definition) is 1. The zero-order valence-electron chi connectivity index (χ0n) is 17.2. The fraction of sp³-hybridized carbons (Fsp3) is 0.304. The Balaban J connectivity index is 1.25. The Kier molecular flexibility index (Phi) is 4.76. The van der Waals surface area contributed by atoms with E-state index in [0.29, 0.717) is 23.8 Å². The van der Waals surface area contributed by atoms with Crippen molar-refractivity contribution in [2.45, 2.75) is 20.4 Å². The standard InChI is InChI=1S/C23H24ClN5O/c1-15-9-16(2)19-11-21(26-20(19)10-15)23(30)28-7-5-27(6-8-28)13-18-14-29-12-17(24)3-4-22(29)25-18/h3-4,9-12,14,26H,5-8,13H2,1-2H3. The summed E-state index contributed by atoms with van der Waals surface area (Å²) in [5.41, 5.74) is 6.00. The number of amides is 1. The van der Waals surface area contributed by atoms with Crippen LogP contribution < -0.4 is 0 Å². The van der Waals surface area contributed by atoms with E-state index in [0.717, 1.165) is 41.9 Å². The Hall–Kier alpha value is -2.83. The third kappa shape index (κ3) is 3.57. The van der Waals surface area contributed by atoms with Crippen molar-refractivity contribution in [3.63, 3.8) is 0 Å². The molecule has 6 nitrogen and oxygen atoms in total. The summed E-state index contributed by atoms with van der Waals surface area (Å²) in [4.78, 5) is 25.3. The number of nitrogens with one attached hydrogen (secondary N) is 1. The molecule has 0 bridgehead atoms. The van der Waals surface area contributed by atoms with Crippen molar-refractivity contribution < 1.29 is 4.79 Å². The fourth-order valence-electron chi connectivity index (χ4n) is 4.32. The molecular weight excluding hydrogens is 398 g/mol. The lowest BCUT2D eigenvalue weighted by molar-refractivity contribution is 0.0622. The molecule has 1 aromatic carbocycles. The Labute approximate surface area is 180 Å². The van der Waals surface area contributed by atoms with Crippen molar-refractivity contribution in [1.82, 2.24) is 24.2 Å². The molecule has 0 unspecified atom stereocenters. The fourth-order valence-corrected chi connectivity index (χ4v) is 4.48. The second-order valence-electron chi connectivity index (χ2n) is 8.14. The highest BCUT2D eigenvalue weighted by molar-refractivity contribution is 6.30. The molecule has 1 saturated heterocycles. The molecule has 154 valence electrons. The molecule has 0 spiro atoms. The number of carbonyl (C=O) groups is 1. The third-order valence-electron chi connectivity index (χ3n) is 5.83. The normalized spacial score (nSPS) is 15.4. The summed E-state index contributed by atoms with van der Waals surface area (Å²) < 4.78 is 1.96. The molecule has 1 amide bonds. The lowest BCUT2D eigenvalue weighted by Gasteiger charge is -2.34. The molecule has 0 radical (unpaired) electrons. The Morgan fingerprint density at radius 3 is 2.70 bits per heavy atom. The number of fused-ring (bicyclic) bond motifs is 2. The summed E-state index contributed by atoms with van der Waals surface area (Å²) >= 11 is 6.06. The molecular formula is C23H24ClN5O. The number of halogens is 1. The number of rotatable bonds is 3. The predicted octanol–water partition coefficient (Wildman–Crippen LogP) is 4.04. The van der Waals surface area contributed by atoms with Gasteiger partial charge in [-0.2, -0.15) is 0 Å². The molecule has 1 aliphatic rings. The molecule has 0 atom stereocenters. The van der Waals surface area contributed by atoms with Gasteiger partial charge in [0.25, 0.3) is 5.91 Å². The SMILES string of the molecule is Cc1cc(C)c2cc(C(=O)N3CCN(Cc4cn5cc(Cl)ccc5n4)CC3)[nH]c2c1. The zero-order valence-corrected chi connectivity index (χ0v) is 17.9. The molecule has 3 aromatic heterocycles. The third-order valence-corrected chi connectivity index (χ3v) is 6.05. The van der Waals surface area contributed by atoms with Gasteiger partial charge in [-0.25, -0.2) is 4.98 Å². The van der Waals surface area contributed by atoms with Gasteiger partial charge in [-0.3, -0.25) is 9.69 Å². The topological polar surface area (TPSA) is 56.6 Å². The molecule has 1 aliphatic heterocycles. The first kappa shape index (κ1) is 19.2. The summed E-state index contributed by atoms with van der Waals surface area (Å²) in [6, 6.07) is 10.0. The number of H-pyrrole nitrogens is 1. The largest absolute Gasteiger partial charge is 0.351 e. The number of aryl methyl sites for hydroxylation is 2. The molecule has 1 fully saturated rings. The van der Waals surface area contributed by atoms with E-state index in [-0.39, 0.29) is 5.91 Å². The summed E-state index contributed by atoms with van der Waals surface area (Å²) in [6.07, 6.45) is 3.89. The van der Waals surface area contributed by atoms with E-state index in [1.807, 2.05) is 39.9 Å². The number of benzene rings is 1. The number of piperazine rings is 1. The first-order chi connectivity index (χ1) is 14.5. The van der Waals surface area contributed by atoms with Crippen LogP contribution in [0.5, 0.6) is 0 Å². The van der Waals surface area contributed by atoms with Crippen molar-refractivity contribution in [3.05, 3.63) is 70.3 Å². The van der Waals surface area contributed by atoms with E-state index in [1.165, 1.54) is 11.1 Å². The highest BCUT2D eigenvalue weighted by Crippen LogP contribution is 2.23. The minimum atomic E-state index is 0.0743. The van der Waals surface area contributed by atoms with Gasteiger partial charge in [-0.15, -0.1) is 0 Å². The summed E-state index contributed by atoms with van der Waals surface area (Å²) in [5, 5.41) is 1.82. The number of imidazole rings is 1. The van der Waals surface area contributed by atoms with Gasteiger partial charge in [-0.1, -0.05) is 17.7 Å². The molecule has 30 heavy (non-hydrogen) atoms. The van der Waals surface area contributed by atoms with E-state index >= 15 is 0 Å². The van der Waals surface area contributed by atoms with Crippen LogP contribution in [0.3, 0.4) is 0 Å². The van der Waals surface area contributed by atoms with Crippen LogP contribution in [0, 0.1) is 13.8 Å². The average molecular weight is 422 g/mol. The van der Waals surface area contributed by atoms with E-state index in [9.17, 15) is 4.79 Å². The van der Waals surface area contributed by atoms with Crippen LogP contribution >= 0.6 is 11.6 Å². The number of aromatic nitrogens is 3. The van der Waals surface area contributed by atoms with Crippen molar-refractivity contribution in [2.24, 2.45) is 0 Å². The maximum Gasteiger partial charge on any atom is 0.270 e. The lowest BCUT2D eigenvalue weighted by atomic mass is 10.1. The lowest BCUT2D eigenvalue weighted by Crippen LogP contribution is -2.48. The maximum atomic E-state index is 13.0. The summed E-state index contributed by atoms with van der Waals surface area (Å²) in [5.74, 6) is 0.0743. The number of hydrogen-bond acceptors (Lipinski definition) is 3. The van der Waals surface area contributed by atoms with E-state index in [2.05, 4.69) is 40.8 Å². The summed E-state index contributed by atoms with van der Waals surface area (Å²) in [6.45, 7) is 8.02. The van der Waals surface area contributed by atoms with E-state index in [4.69, 9.17) is 11.6 Å². The maximum absolute atomic E-state index is 13.0. The first-order valence-corrected chi connectivity index (χ1v) is 10.6. The molecule has 4 heterocycles. The molecule has 0 saturated carbocycles. The molecule has 4 aromatic rings. The van der Waals surface area contributed by atoms with Crippen molar-refractivity contribution in [1.29, 1.82) is 0 Å². The number of pyridine rings is 1. The smallest absolute Gasteiger partial charge is 0.270 e. The van der Waals surface area contributed by atoms with E-state index in [1.54, 1.807) is 0 Å². The number of nitrogens with zero attached hydrogens (tertiary/aromatic N) is 4. The molecule has 1 N–H and O–H groups in total. The zero-order chi connectivity index (χ0) is 20.8. The van der Waals surface area contributed by atoms with Gasteiger partial charge in [-0.05, 0) is 49.2 Å². The molecule has 5 rings (SSSR count). The van der Waals surface area contributed by atoms with Crippen LogP contribution in [-0.4, -0.2) is 56.3 Å². The minimum absolute atomic E-state index is 0.0743. The van der Waals surface area contributed by atoms with Gasteiger partial charge < -0.3 is 14.3 Å². The minimum Gasteiger partial charge on any atom is -0.351 e. The highest BCUT2D eigenvalue weighted by atomic mass is 35.5. The van der Waals surface area contributed by atoms with Crippen LogP contribution in [-0.2, 0) is 6.54 Å². The second kappa shape index (κ2) is 7.45. The summed E-state index contributed by atoms with van der Waals surface area (Å²) in [7, 11) is 0. The van der Waals surface area contributed by atoms with Crippen molar-refractivity contribution >= 4 is 34.1 Å². The number of carbonyl (C=O) groups excluding carboxylic acids is 1. The van der Waals surface area contributed by atoms with Gasteiger partial charge in [0.15, 0.2) is 0 Å². The Morgan fingerprint density at radius 2 is 1.90 bits per heavy atom. The van der Waals surface area contributed by atoms with Crippen LogP contribution in [0.1, 0.15) is 27.3 Å². The quantitative estimate of drug-likeness (QED) is 0.543. The van der Waals surface area contributed by atoms with Crippen LogP contribution in [0.25, 0.3) is 16.6 Å². The number of aromatic amines is 1. The molecule has 0 aliphatic carbocycles. The second-order valence-corrected chi connectivity index (χ2v) is 8.58. The van der Waals surface area contributed by atoms with Gasteiger partial charge in [0.05, 0.1) is 10.7 Å².